The predicted molar refractivity (Wildman–Crippen MR) is 145 cm³/mol. The van der Waals surface area contributed by atoms with Gasteiger partial charge in [-0.2, -0.15) is 4.31 Å². The molecule has 2 atom stereocenters. The van der Waals surface area contributed by atoms with Gasteiger partial charge in [-0.05, 0) is 75.1 Å². The lowest BCUT2D eigenvalue weighted by Crippen LogP contribution is -2.36. The Labute approximate surface area is 227 Å². The number of benzene rings is 1. The third-order valence-corrected chi connectivity index (χ3v) is 10.2. The topological polar surface area (TPSA) is 114 Å². The number of sulfonamides is 1. The summed E-state index contributed by atoms with van der Waals surface area (Å²) in [5, 5.41) is 10.1. The van der Waals surface area contributed by atoms with E-state index in [0.29, 0.717) is 11.3 Å². The van der Waals surface area contributed by atoms with Crippen molar-refractivity contribution in [3.8, 4) is 5.88 Å². The molecular weight excluding hydrogens is 524 g/mol. The van der Waals surface area contributed by atoms with Gasteiger partial charge in [0.05, 0.1) is 16.8 Å². The Morgan fingerprint density at radius 2 is 1.97 bits per heavy atom. The number of hydrogen-bond acceptors (Lipinski definition) is 7. The van der Waals surface area contributed by atoms with Crippen LogP contribution in [0.25, 0.3) is 0 Å². The molecule has 10 heteroatoms. The molecule has 0 saturated heterocycles. The van der Waals surface area contributed by atoms with Crippen LogP contribution in [0.1, 0.15) is 71.3 Å². The highest BCUT2D eigenvalue weighted by atomic mass is 32.2. The first kappa shape index (κ1) is 27.9. The van der Waals surface area contributed by atoms with Gasteiger partial charge in [0.2, 0.25) is 15.9 Å². The van der Waals surface area contributed by atoms with Crippen LogP contribution in [0.2, 0.25) is 0 Å². The molecular formula is C28H32N2O6S2. The molecule has 2 aromatic heterocycles. The Bertz CT molecular complexity index is 1480. The number of carboxylic acids is 1. The second kappa shape index (κ2) is 10.6. The van der Waals surface area contributed by atoms with Crippen LogP contribution in [-0.2, 0) is 21.4 Å². The van der Waals surface area contributed by atoms with E-state index in [9.17, 15) is 23.1 Å². The van der Waals surface area contributed by atoms with Crippen LogP contribution in [0.15, 0.2) is 53.6 Å². The monoisotopic (exact) mass is 556 g/mol. The van der Waals surface area contributed by atoms with Crippen molar-refractivity contribution >= 4 is 33.1 Å². The fourth-order valence-corrected chi connectivity index (χ4v) is 7.41. The number of aromatic nitrogens is 1. The first-order valence-corrected chi connectivity index (χ1v) is 14.7. The van der Waals surface area contributed by atoms with Gasteiger partial charge in [-0.15, -0.1) is 11.3 Å². The number of nitrogens with zero attached hydrogens (tertiary/aromatic N) is 2. The van der Waals surface area contributed by atoms with E-state index in [4.69, 9.17) is 4.74 Å². The third-order valence-electron chi connectivity index (χ3n) is 7.08. The zero-order valence-corrected chi connectivity index (χ0v) is 23.7. The van der Waals surface area contributed by atoms with Gasteiger partial charge in [0.1, 0.15) is 11.0 Å². The zero-order chi connectivity index (χ0) is 27.8. The van der Waals surface area contributed by atoms with E-state index in [1.807, 2.05) is 38.1 Å². The maximum Gasteiger partial charge on any atom is 0.310 e. The van der Waals surface area contributed by atoms with Gasteiger partial charge in [0.25, 0.3) is 0 Å². The van der Waals surface area contributed by atoms with Crippen molar-refractivity contribution in [2.24, 2.45) is 5.41 Å². The van der Waals surface area contributed by atoms with Crippen LogP contribution in [0.3, 0.4) is 0 Å². The van der Waals surface area contributed by atoms with Gasteiger partial charge in [-0.25, -0.2) is 13.4 Å². The average Bonchev–Trinajstić information content (AvgIpc) is 3.31. The van der Waals surface area contributed by atoms with Gasteiger partial charge in [0, 0.05) is 23.5 Å². The standard InChI is InChI=1S/C28H32N2O6S2/c1-6-21-16-30(38(34,35)24-8-7-13-29-26(24)36-21)15-20-14-19(10-9-17(20)2)25(28(4,5)27(32)33)23-12-11-22(37-23)18(3)31/h7-14,21,25H,6,15-16H2,1-5H3,(H,32,33)/t21-,25?/m1/s1. The second-order valence-corrected chi connectivity index (χ2v) is 13.2. The number of carbonyl (C=O) groups is 2. The van der Waals surface area contributed by atoms with Gasteiger partial charge >= 0.3 is 5.97 Å². The summed E-state index contributed by atoms with van der Waals surface area (Å²) < 4.78 is 34.7. The fourth-order valence-electron chi connectivity index (χ4n) is 4.67. The maximum absolute atomic E-state index is 13.7. The molecule has 1 aromatic carbocycles. The summed E-state index contributed by atoms with van der Waals surface area (Å²) in [7, 11) is -3.89. The largest absolute Gasteiger partial charge is 0.481 e. The molecule has 8 nitrogen and oxygen atoms in total. The number of rotatable bonds is 8. The van der Waals surface area contributed by atoms with Crippen molar-refractivity contribution < 1.29 is 27.9 Å². The lowest BCUT2D eigenvalue weighted by Gasteiger charge is -2.31. The summed E-state index contributed by atoms with van der Waals surface area (Å²) >= 11 is 1.29. The highest BCUT2D eigenvalue weighted by molar-refractivity contribution is 7.89. The molecule has 0 spiro atoms. The van der Waals surface area contributed by atoms with Crippen LogP contribution < -0.4 is 4.74 Å². The summed E-state index contributed by atoms with van der Waals surface area (Å²) in [5.41, 5.74) is 1.21. The van der Waals surface area contributed by atoms with E-state index in [1.54, 1.807) is 26.0 Å². The Morgan fingerprint density at radius 1 is 1.24 bits per heavy atom. The van der Waals surface area contributed by atoms with E-state index in [2.05, 4.69) is 4.98 Å². The number of carbonyl (C=O) groups excluding carboxylic acids is 1. The third kappa shape index (κ3) is 5.25. The Morgan fingerprint density at radius 3 is 2.61 bits per heavy atom. The van der Waals surface area contributed by atoms with E-state index in [0.717, 1.165) is 21.6 Å². The van der Waals surface area contributed by atoms with E-state index in [-0.39, 0.29) is 35.8 Å². The number of ketones is 1. The molecule has 202 valence electrons. The van der Waals surface area contributed by atoms with E-state index in [1.165, 1.54) is 34.8 Å². The molecule has 0 amide bonds. The number of ether oxygens (including phenoxy) is 1. The Balaban J connectivity index is 1.79. The number of hydrogen-bond donors (Lipinski definition) is 1. The van der Waals surface area contributed by atoms with Crippen molar-refractivity contribution in [1.29, 1.82) is 0 Å². The van der Waals surface area contributed by atoms with Crippen molar-refractivity contribution in [3.63, 3.8) is 0 Å². The number of fused-ring (bicyclic) bond motifs is 1. The fraction of sp³-hybridized carbons (Fsp3) is 0.393. The number of aryl methyl sites for hydroxylation is 1. The average molecular weight is 557 g/mol. The molecule has 0 aliphatic carbocycles. The molecule has 1 N–H and O–H groups in total. The number of Topliss-reactive ketones (excluding diaryl/α,β-unsaturated/α-hetero) is 1. The van der Waals surface area contributed by atoms with Crippen molar-refractivity contribution in [2.45, 2.75) is 64.5 Å². The van der Waals surface area contributed by atoms with Crippen molar-refractivity contribution in [3.05, 3.63) is 75.1 Å². The van der Waals surface area contributed by atoms with Gasteiger partial charge in [0.15, 0.2) is 5.78 Å². The predicted octanol–water partition coefficient (Wildman–Crippen LogP) is 5.26. The van der Waals surface area contributed by atoms with Crippen molar-refractivity contribution in [2.75, 3.05) is 6.54 Å². The summed E-state index contributed by atoms with van der Waals surface area (Å²) in [4.78, 5) is 29.8. The number of thiophene rings is 1. The highest BCUT2D eigenvalue weighted by Crippen LogP contribution is 2.44. The van der Waals surface area contributed by atoms with Gasteiger partial charge in [-0.3, -0.25) is 9.59 Å². The van der Waals surface area contributed by atoms with Crippen LogP contribution in [0, 0.1) is 12.3 Å². The summed E-state index contributed by atoms with van der Waals surface area (Å²) in [6.45, 7) is 8.92. The smallest absolute Gasteiger partial charge is 0.310 e. The molecule has 0 bridgehead atoms. The minimum absolute atomic E-state index is 0.0324. The highest BCUT2D eigenvalue weighted by Gasteiger charge is 2.40. The first-order chi connectivity index (χ1) is 17.9. The molecule has 1 unspecified atom stereocenters. The van der Waals surface area contributed by atoms with Gasteiger partial charge < -0.3 is 9.84 Å². The molecule has 0 saturated carbocycles. The van der Waals surface area contributed by atoms with Crippen LogP contribution in [0.5, 0.6) is 5.88 Å². The molecule has 0 fully saturated rings. The normalized spacial score (nSPS) is 18.2. The molecule has 3 aromatic rings. The molecule has 3 heterocycles. The SMILES string of the molecule is CC[C@@H]1CN(Cc2cc(C(c3ccc(C(C)=O)s3)C(C)(C)C(=O)O)ccc2C)S(=O)(=O)c2cccnc2O1. The molecule has 0 radical (unpaired) electrons. The second-order valence-electron chi connectivity index (χ2n) is 10.2. The molecule has 1 aliphatic rings. The van der Waals surface area contributed by atoms with Crippen LogP contribution in [0.4, 0.5) is 0 Å². The summed E-state index contributed by atoms with van der Waals surface area (Å²) in [6.07, 6.45) is 1.75. The first-order valence-electron chi connectivity index (χ1n) is 12.4. The molecule has 38 heavy (non-hydrogen) atoms. The lowest BCUT2D eigenvalue weighted by molar-refractivity contribution is -0.147. The van der Waals surface area contributed by atoms with Crippen LogP contribution >= 0.6 is 11.3 Å². The minimum Gasteiger partial charge on any atom is -0.481 e. The lowest BCUT2D eigenvalue weighted by atomic mass is 9.73. The number of carboxylic acid groups (broad SMARTS) is 1. The van der Waals surface area contributed by atoms with E-state index >= 15 is 0 Å². The summed E-state index contributed by atoms with van der Waals surface area (Å²) in [6, 6.07) is 12.3. The minimum atomic E-state index is -3.89. The Hall–Kier alpha value is -3.08. The van der Waals surface area contributed by atoms with E-state index < -0.39 is 27.3 Å². The number of aliphatic carboxylic acids is 1. The molecule has 4 rings (SSSR count). The van der Waals surface area contributed by atoms with Gasteiger partial charge in [-0.1, -0.05) is 25.1 Å². The quantitative estimate of drug-likeness (QED) is 0.377. The van der Waals surface area contributed by atoms with Crippen LogP contribution in [-0.4, -0.2) is 47.2 Å². The molecule has 1 aliphatic heterocycles. The number of pyridine rings is 1. The Kier molecular flexibility index (Phi) is 7.79. The van der Waals surface area contributed by atoms with Crippen molar-refractivity contribution in [1.82, 2.24) is 9.29 Å². The maximum atomic E-state index is 13.7. The summed E-state index contributed by atoms with van der Waals surface area (Å²) in [5.74, 6) is -1.49. The zero-order valence-electron chi connectivity index (χ0n) is 22.1.